The lowest BCUT2D eigenvalue weighted by atomic mass is 10.1. The number of nitrogens with one attached hydrogen (secondary N) is 1. The average molecular weight is 465 g/mol. The molecule has 0 aliphatic carbocycles. The maximum absolute atomic E-state index is 12.6. The first-order valence-corrected chi connectivity index (χ1v) is 10.3. The number of hydrogen-bond acceptors (Lipinski definition) is 5. The van der Waals surface area contributed by atoms with Crippen LogP contribution in [0.2, 0.25) is 10.0 Å². The van der Waals surface area contributed by atoms with Gasteiger partial charge in [0.15, 0.2) is 0 Å². The Kier molecular flexibility index (Phi) is 8.08. The molecule has 0 fully saturated rings. The van der Waals surface area contributed by atoms with Crippen molar-refractivity contribution in [2.75, 3.05) is 5.32 Å². The van der Waals surface area contributed by atoms with Gasteiger partial charge in [-0.05, 0) is 30.3 Å². The third-order valence-electron chi connectivity index (χ3n) is 4.20. The van der Waals surface area contributed by atoms with Crippen molar-refractivity contribution < 1.29 is 19.2 Å². The van der Waals surface area contributed by atoms with Crippen LogP contribution in [0.3, 0.4) is 0 Å². The summed E-state index contributed by atoms with van der Waals surface area (Å²) in [7, 11) is 0. The predicted octanol–water partition coefficient (Wildman–Crippen LogP) is 7.27. The molecule has 0 bridgehead atoms. The number of aromatic hydroxyl groups is 1. The average Bonchev–Trinajstić information content (AvgIpc) is 3.22. The van der Waals surface area contributed by atoms with Gasteiger partial charge in [-0.3, -0.25) is 14.9 Å². The minimum atomic E-state index is -0.672. The van der Waals surface area contributed by atoms with Gasteiger partial charge in [0.1, 0.15) is 17.3 Å². The first-order chi connectivity index (χ1) is 14.7. The molecular weight excluding hydrogens is 443 g/mol. The highest BCUT2D eigenvalue weighted by Crippen LogP contribution is 2.36. The quantitative estimate of drug-likeness (QED) is 0.305. The molecular formula is C22H22Cl2N2O5. The number of nitrogens with zero attached hydrogens (tertiary/aromatic N) is 1. The Bertz CT molecular complexity index is 1110. The van der Waals surface area contributed by atoms with E-state index in [1.807, 2.05) is 33.8 Å². The Morgan fingerprint density at radius 3 is 2.32 bits per heavy atom. The van der Waals surface area contributed by atoms with Crippen LogP contribution in [0.4, 0.5) is 11.4 Å². The van der Waals surface area contributed by atoms with E-state index in [0.29, 0.717) is 11.3 Å². The highest BCUT2D eigenvalue weighted by molar-refractivity contribution is 6.35. The predicted molar refractivity (Wildman–Crippen MR) is 122 cm³/mol. The summed E-state index contributed by atoms with van der Waals surface area (Å²) in [4.78, 5) is 22.7. The number of carbonyl (C=O) groups excluding carboxylic acids is 1. The number of non-ortho nitro benzene ring substituents is 1. The molecule has 1 heterocycles. The van der Waals surface area contributed by atoms with Crippen molar-refractivity contribution in [3.63, 3.8) is 0 Å². The molecule has 2 N–H and O–H groups in total. The van der Waals surface area contributed by atoms with Crippen LogP contribution in [0.25, 0.3) is 11.3 Å². The number of halogens is 2. The maximum atomic E-state index is 12.6. The van der Waals surface area contributed by atoms with E-state index in [0.717, 1.165) is 11.8 Å². The third kappa shape index (κ3) is 5.57. The zero-order valence-corrected chi connectivity index (χ0v) is 18.9. The third-order valence-corrected chi connectivity index (χ3v) is 4.83. The lowest BCUT2D eigenvalue weighted by Crippen LogP contribution is -2.12. The smallest absolute Gasteiger partial charge is 0.271 e. The molecule has 3 aromatic rings. The van der Waals surface area contributed by atoms with E-state index in [1.54, 1.807) is 6.07 Å². The molecule has 0 radical (unpaired) electrons. The number of carbonyl (C=O) groups is 1. The number of nitro benzene ring substituents is 1. The van der Waals surface area contributed by atoms with Crippen molar-refractivity contribution in [2.45, 2.75) is 33.6 Å². The summed E-state index contributed by atoms with van der Waals surface area (Å²) in [5.74, 6) is 0.452. The molecule has 1 aromatic heterocycles. The van der Waals surface area contributed by atoms with Gasteiger partial charge in [0, 0.05) is 23.6 Å². The zero-order chi connectivity index (χ0) is 23.3. The van der Waals surface area contributed by atoms with Gasteiger partial charge in [-0.2, -0.15) is 0 Å². The highest BCUT2D eigenvalue weighted by Gasteiger charge is 2.19. The standard InChI is InChI=1S/C20H16Cl2N2O5.C2H6/c1-10(2)18-5-6-19(29-18)12-9-17(25)13(8-14(12)21)20(26)23-16-4-3-11(24(27)28)7-15(16)22;1-2/h3-10,25H,1-2H3,(H,23,26);1-2H3. The van der Waals surface area contributed by atoms with Gasteiger partial charge in [0.2, 0.25) is 0 Å². The molecule has 0 aliphatic heterocycles. The van der Waals surface area contributed by atoms with Crippen molar-refractivity contribution in [1.29, 1.82) is 0 Å². The van der Waals surface area contributed by atoms with E-state index >= 15 is 0 Å². The number of amides is 1. The minimum absolute atomic E-state index is 0.00782. The van der Waals surface area contributed by atoms with Gasteiger partial charge in [-0.25, -0.2) is 0 Å². The monoisotopic (exact) mass is 464 g/mol. The van der Waals surface area contributed by atoms with Crippen LogP contribution >= 0.6 is 23.2 Å². The van der Waals surface area contributed by atoms with Crippen LogP contribution in [0, 0.1) is 10.1 Å². The van der Waals surface area contributed by atoms with Gasteiger partial charge in [-0.15, -0.1) is 0 Å². The minimum Gasteiger partial charge on any atom is -0.507 e. The van der Waals surface area contributed by atoms with Crippen LogP contribution in [0.1, 0.15) is 49.7 Å². The molecule has 2 aromatic carbocycles. The molecule has 1 amide bonds. The van der Waals surface area contributed by atoms with E-state index in [2.05, 4.69) is 5.32 Å². The second-order valence-corrected chi connectivity index (χ2v) is 7.40. The Balaban J connectivity index is 0.00000166. The summed E-state index contributed by atoms with van der Waals surface area (Å²) in [6.07, 6.45) is 0. The molecule has 3 rings (SSSR count). The maximum Gasteiger partial charge on any atom is 0.271 e. The van der Waals surface area contributed by atoms with Crippen molar-refractivity contribution in [3.8, 4) is 17.1 Å². The Labute approximate surface area is 189 Å². The lowest BCUT2D eigenvalue weighted by Gasteiger charge is -2.11. The van der Waals surface area contributed by atoms with Crippen LogP contribution in [0.5, 0.6) is 5.75 Å². The molecule has 0 saturated heterocycles. The number of benzene rings is 2. The van der Waals surface area contributed by atoms with Crippen LogP contribution in [0.15, 0.2) is 46.9 Å². The normalized spacial score (nSPS) is 10.4. The van der Waals surface area contributed by atoms with Gasteiger partial charge in [0.25, 0.3) is 11.6 Å². The van der Waals surface area contributed by atoms with E-state index < -0.39 is 10.8 Å². The molecule has 0 spiro atoms. The summed E-state index contributed by atoms with van der Waals surface area (Å²) in [6.45, 7) is 7.97. The van der Waals surface area contributed by atoms with Gasteiger partial charge < -0.3 is 14.8 Å². The molecule has 31 heavy (non-hydrogen) atoms. The van der Waals surface area contributed by atoms with Gasteiger partial charge >= 0.3 is 0 Å². The molecule has 0 atom stereocenters. The molecule has 7 nitrogen and oxygen atoms in total. The Morgan fingerprint density at radius 2 is 1.77 bits per heavy atom. The van der Waals surface area contributed by atoms with Crippen molar-refractivity contribution >= 4 is 40.5 Å². The first kappa shape index (κ1) is 24.2. The summed E-state index contributed by atoms with van der Waals surface area (Å²) in [5.41, 5.74) is 0.321. The summed E-state index contributed by atoms with van der Waals surface area (Å²) in [6, 6.07) is 9.87. The Morgan fingerprint density at radius 1 is 1.10 bits per heavy atom. The molecule has 164 valence electrons. The number of anilines is 1. The summed E-state index contributed by atoms with van der Waals surface area (Å²) >= 11 is 12.3. The van der Waals surface area contributed by atoms with Gasteiger partial charge in [0.05, 0.1) is 26.2 Å². The number of rotatable bonds is 5. The second kappa shape index (κ2) is 10.3. The van der Waals surface area contributed by atoms with E-state index in [4.69, 9.17) is 27.6 Å². The fourth-order valence-corrected chi connectivity index (χ4v) is 3.13. The fourth-order valence-electron chi connectivity index (χ4n) is 2.65. The summed E-state index contributed by atoms with van der Waals surface area (Å²) < 4.78 is 5.74. The summed E-state index contributed by atoms with van der Waals surface area (Å²) in [5, 5.41) is 23.8. The lowest BCUT2D eigenvalue weighted by molar-refractivity contribution is -0.384. The molecule has 0 aliphatic rings. The van der Waals surface area contributed by atoms with Crippen LogP contribution in [-0.4, -0.2) is 15.9 Å². The second-order valence-electron chi connectivity index (χ2n) is 6.58. The molecule has 0 unspecified atom stereocenters. The van der Waals surface area contributed by atoms with Crippen molar-refractivity contribution in [2.24, 2.45) is 0 Å². The number of nitro groups is 1. The van der Waals surface area contributed by atoms with Crippen molar-refractivity contribution in [3.05, 3.63) is 73.9 Å². The number of furan rings is 1. The van der Waals surface area contributed by atoms with E-state index in [-0.39, 0.29) is 38.7 Å². The number of phenols is 1. The van der Waals surface area contributed by atoms with Crippen molar-refractivity contribution in [1.82, 2.24) is 0 Å². The van der Waals surface area contributed by atoms with Crippen LogP contribution < -0.4 is 5.32 Å². The van der Waals surface area contributed by atoms with E-state index in [9.17, 15) is 20.0 Å². The molecule has 9 heteroatoms. The Hall–Kier alpha value is -3.03. The fraction of sp³-hybridized carbons (Fsp3) is 0.227. The highest BCUT2D eigenvalue weighted by atomic mass is 35.5. The number of hydrogen-bond donors (Lipinski definition) is 2. The van der Waals surface area contributed by atoms with Crippen LogP contribution in [-0.2, 0) is 0 Å². The zero-order valence-electron chi connectivity index (χ0n) is 17.4. The SMILES string of the molecule is CC.CC(C)c1ccc(-c2cc(O)c(C(=O)Nc3ccc([N+](=O)[O-])cc3Cl)cc2Cl)o1. The first-order valence-electron chi connectivity index (χ1n) is 9.55. The largest absolute Gasteiger partial charge is 0.507 e. The van der Waals surface area contributed by atoms with E-state index in [1.165, 1.54) is 24.3 Å². The topological polar surface area (TPSA) is 106 Å². The van der Waals surface area contributed by atoms with Gasteiger partial charge in [-0.1, -0.05) is 50.9 Å². The number of phenolic OH excluding ortho intramolecular Hbond substituents is 1. The molecule has 0 saturated carbocycles.